The summed E-state index contributed by atoms with van der Waals surface area (Å²) in [5, 5.41) is 10.6. The Bertz CT molecular complexity index is 621. The van der Waals surface area contributed by atoms with Gasteiger partial charge in [0.2, 0.25) is 0 Å². The van der Waals surface area contributed by atoms with Crippen molar-refractivity contribution in [1.29, 1.82) is 0 Å². The highest BCUT2D eigenvalue weighted by Gasteiger charge is 2.41. The summed E-state index contributed by atoms with van der Waals surface area (Å²) in [6, 6.07) is 14.2. The maximum Gasteiger partial charge on any atom is 0.269 e. The van der Waals surface area contributed by atoms with Gasteiger partial charge in [-0.05, 0) is 35.4 Å². The third-order valence-electron chi connectivity index (χ3n) is 3.37. The summed E-state index contributed by atoms with van der Waals surface area (Å²) in [6.07, 6.45) is -0.00781. The minimum Gasteiger partial charge on any atom is -0.497 e. The molecule has 0 spiro atoms. The number of rotatable bonds is 4. The molecule has 3 rings (SSSR count). The maximum atomic E-state index is 10.6. The lowest BCUT2D eigenvalue weighted by atomic mass is 10.0. The summed E-state index contributed by atoms with van der Waals surface area (Å²) in [7, 11) is 1.63. The van der Waals surface area contributed by atoms with E-state index in [1.165, 1.54) is 12.1 Å². The molecule has 0 aromatic heterocycles. The monoisotopic (exact) mass is 271 g/mol. The molecule has 5 heteroatoms. The second-order valence-corrected chi connectivity index (χ2v) is 4.60. The zero-order valence-corrected chi connectivity index (χ0v) is 10.9. The normalized spacial score (nSPS) is 20.4. The standard InChI is InChI=1S/C15H13NO4/c1-19-13-8-4-11(5-9-13)15-14(20-15)10-2-6-12(7-3-10)16(17)18/h2-9,14-15H,1H3/t14-,15-/m0/s1. The highest BCUT2D eigenvalue weighted by atomic mass is 16.6. The molecule has 2 aromatic rings. The molecule has 2 aromatic carbocycles. The van der Waals surface area contributed by atoms with E-state index >= 15 is 0 Å². The molecule has 0 amide bonds. The number of benzene rings is 2. The number of hydrogen-bond donors (Lipinski definition) is 0. The zero-order chi connectivity index (χ0) is 14.1. The molecule has 0 N–H and O–H groups in total. The predicted octanol–water partition coefficient (Wildman–Crippen LogP) is 3.42. The first-order valence-electron chi connectivity index (χ1n) is 6.23. The van der Waals surface area contributed by atoms with Crippen LogP contribution in [0.5, 0.6) is 5.75 Å². The Kier molecular flexibility index (Phi) is 3.12. The van der Waals surface area contributed by atoms with Crippen molar-refractivity contribution in [1.82, 2.24) is 0 Å². The molecule has 102 valence electrons. The van der Waals surface area contributed by atoms with E-state index in [1.54, 1.807) is 19.2 Å². The van der Waals surface area contributed by atoms with Crippen LogP contribution >= 0.6 is 0 Å². The van der Waals surface area contributed by atoms with E-state index in [1.807, 2.05) is 24.3 Å². The van der Waals surface area contributed by atoms with Gasteiger partial charge < -0.3 is 9.47 Å². The van der Waals surface area contributed by atoms with E-state index in [0.717, 1.165) is 16.9 Å². The molecule has 2 atom stereocenters. The van der Waals surface area contributed by atoms with Crippen LogP contribution in [0.2, 0.25) is 0 Å². The van der Waals surface area contributed by atoms with Crippen LogP contribution in [0.1, 0.15) is 23.3 Å². The van der Waals surface area contributed by atoms with Crippen LogP contribution in [-0.2, 0) is 4.74 Å². The van der Waals surface area contributed by atoms with Gasteiger partial charge in [0.05, 0.1) is 12.0 Å². The van der Waals surface area contributed by atoms with Crippen molar-refractivity contribution in [3.63, 3.8) is 0 Å². The number of methoxy groups -OCH3 is 1. The van der Waals surface area contributed by atoms with E-state index in [0.29, 0.717) is 0 Å². The first-order valence-corrected chi connectivity index (χ1v) is 6.23. The molecular weight excluding hydrogens is 258 g/mol. The second-order valence-electron chi connectivity index (χ2n) is 4.60. The molecule has 0 radical (unpaired) electrons. The molecule has 1 aliphatic rings. The van der Waals surface area contributed by atoms with Crippen molar-refractivity contribution in [2.45, 2.75) is 12.2 Å². The molecule has 0 unspecified atom stereocenters. The van der Waals surface area contributed by atoms with E-state index in [4.69, 9.17) is 9.47 Å². The van der Waals surface area contributed by atoms with Gasteiger partial charge in [-0.15, -0.1) is 0 Å². The molecule has 0 aliphatic carbocycles. The molecule has 1 aliphatic heterocycles. The first kappa shape index (κ1) is 12.6. The molecule has 0 bridgehead atoms. The lowest BCUT2D eigenvalue weighted by Gasteiger charge is -2.00. The SMILES string of the molecule is COc1ccc([C@@H]2O[C@H]2c2ccc([N+](=O)[O-])cc2)cc1. The predicted molar refractivity (Wildman–Crippen MR) is 72.7 cm³/mol. The molecular formula is C15H13NO4. The van der Waals surface area contributed by atoms with Gasteiger partial charge in [0.1, 0.15) is 18.0 Å². The van der Waals surface area contributed by atoms with Gasteiger partial charge in [0.25, 0.3) is 5.69 Å². The van der Waals surface area contributed by atoms with Crippen LogP contribution in [0.25, 0.3) is 0 Å². The fourth-order valence-electron chi connectivity index (χ4n) is 2.20. The smallest absolute Gasteiger partial charge is 0.269 e. The Morgan fingerprint density at radius 3 is 1.95 bits per heavy atom. The Morgan fingerprint density at radius 2 is 1.50 bits per heavy atom. The lowest BCUT2D eigenvalue weighted by Crippen LogP contribution is -1.89. The number of nitro groups is 1. The summed E-state index contributed by atoms with van der Waals surface area (Å²) >= 11 is 0. The second kappa shape index (κ2) is 4.94. The number of hydrogen-bond acceptors (Lipinski definition) is 4. The summed E-state index contributed by atoms with van der Waals surface area (Å²) in [5.74, 6) is 0.807. The Morgan fingerprint density at radius 1 is 1.00 bits per heavy atom. The summed E-state index contributed by atoms with van der Waals surface area (Å²) < 4.78 is 10.8. The van der Waals surface area contributed by atoms with Crippen molar-refractivity contribution in [3.05, 3.63) is 69.8 Å². The van der Waals surface area contributed by atoms with Gasteiger partial charge in [-0.3, -0.25) is 10.1 Å². The van der Waals surface area contributed by atoms with E-state index < -0.39 is 4.92 Å². The lowest BCUT2D eigenvalue weighted by molar-refractivity contribution is -0.384. The number of nitrogens with zero attached hydrogens (tertiary/aromatic N) is 1. The molecule has 20 heavy (non-hydrogen) atoms. The fraction of sp³-hybridized carbons (Fsp3) is 0.200. The third kappa shape index (κ3) is 2.35. The fourth-order valence-corrected chi connectivity index (χ4v) is 2.20. The number of ether oxygens (including phenoxy) is 2. The van der Waals surface area contributed by atoms with E-state index in [2.05, 4.69) is 0 Å². The van der Waals surface area contributed by atoms with Gasteiger partial charge >= 0.3 is 0 Å². The maximum absolute atomic E-state index is 10.6. The van der Waals surface area contributed by atoms with Crippen LogP contribution < -0.4 is 4.74 Å². The Labute approximate surface area is 115 Å². The van der Waals surface area contributed by atoms with Gasteiger partial charge in [-0.1, -0.05) is 12.1 Å². The third-order valence-corrected chi connectivity index (χ3v) is 3.37. The molecule has 5 nitrogen and oxygen atoms in total. The zero-order valence-electron chi connectivity index (χ0n) is 10.9. The summed E-state index contributed by atoms with van der Waals surface area (Å²) in [6.45, 7) is 0. The minimum atomic E-state index is -0.404. The van der Waals surface area contributed by atoms with Gasteiger partial charge in [0, 0.05) is 12.1 Å². The van der Waals surface area contributed by atoms with Crippen molar-refractivity contribution in [2.24, 2.45) is 0 Å². The average Bonchev–Trinajstić information content (AvgIpc) is 3.28. The van der Waals surface area contributed by atoms with Crippen LogP contribution in [-0.4, -0.2) is 12.0 Å². The molecule has 1 heterocycles. The highest BCUT2D eigenvalue weighted by molar-refractivity contribution is 5.38. The van der Waals surface area contributed by atoms with E-state index in [9.17, 15) is 10.1 Å². The van der Waals surface area contributed by atoms with Crippen molar-refractivity contribution < 1.29 is 14.4 Å². The number of non-ortho nitro benzene ring substituents is 1. The topological polar surface area (TPSA) is 64.9 Å². The summed E-state index contributed by atoms with van der Waals surface area (Å²) in [4.78, 5) is 10.2. The molecule has 0 saturated carbocycles. The van der Waals surface area contributed by atoms with Crippen molar-refractivity contribution in [3.8, 4) is 5.75 Å². The average molecular weight is 271 g/mol. The molecule has 1 saturated heterocycles. The summed E-state index contributed by atoms with van der Waals surface area (Å²) in [5.41, 5.74) is 2.13. The van der Waals surface area contributed by atoms with Crippen LogP contribution in [0.4, 0.5) is 5.69 Å². The van der Waals surface area contributed by atoms with Crippen molar-refractivity contribution in [2.75, 3.05) is 7.11 Å². The van der Waals surface area contributed by atoms with Crippen LogP contribution in [0.3, 0.4) is 0 Å². The Hall–Kier alpha value is -2.40. The van der Waals surface area contributed by atoms with Crippen LogP contribution in [0, 0.1) is 10.1 Å². The van der Waals surface area contributed by atoms with E-state index in [-0.39, 0.29) is 17.9 Å². The van der Waals surface area contributed by atoms with Gasteiger partial charge in [-0.2, -0.15) is 0 Å². The van der Waals surface area contributed by atoms with Gasteiger partial charge in [-0.25, -0.2) is 0 Å². The minimum absolute atomic E-state index is 0.0161. The molecule has 1 fully saturated rings. The first-order chi connectivity index (χ1) is 9.69. The van der Waals surface area contributed by atoms with Crippen LogP contribution in [0.15, 0.2) is 48.5 Å². The van der Waals surface area contributed by atoms with Gasteiger partial charge in [0.15, 0.2) is 0 Å². The quantitative estimate of drug-likeness (QED) is 0.485. The highest BCUT2D eigenvalue weighted by Crippen LogP contribution is 2.51. The number of epoxide rings is 1. The van der Waals surface area contributed by atoms with Crippen molar-refractivity contribution >= 4 is 5.69 Å². The number of nitro benzene ring substituents is 1. The Balaban J connectivity index is 1.73. The largest absolute Gasteiger partial charge is 0.497 e.